The van der Waals surface area contributed by atoms with Crippen LogP contribution in [0.4, 0.5) is 0 Å². The number of carbonyl (C=O) groups excluding carboxylic acids is 1. The van der Waals surface area contributed by atoms with Gasteiger partial charge in [0.2, 0.25) is 0 Å². The van der Waals surface area contributed by atoms with Gasteiger partial charge in [0, 0.05) is 6.08 Å². The van der Waals surface area contributed by atoms with E-state index in [-0.39, 0.29) is 12.1 Å². The Balaban J connectivity index is 2.02. The Morgan fingerprint density at radius 2 is 1.55 bits per heavy atom. The van der Waals surface area contributed by atoms with Gasteiger partial charge in [-0.25, -0.2) is 4.79 Å². The lowest BCUT2D eigenvalue weighted by molar-refractivity contribution is -0.142. The molecule has 0 saturated carbocycles. The molecule has 2 heteroatoms. The standard InChI is InChI=1S/C18H18O2/c1-14(16-9-5-3-6-10-16)13-18(19)20-15(2)17-11-7-4-8-12-17/h3-13,15H,1-2H3/b14-13+/t15-/m0/s1. The summed E-state index contributed by atoms with van der Waals surface area (Å²) < 4.78 is 5.41. The first-order valence-corrected chi connectivity index (χ1v) is 6.66. The minimum Gasteiger partial charge on any atom is -0.455 e. The van der Waals surface area contributed by atoms with E-state index in [9.17, 15) is 4.79 Å². The number of benzene rings is 2. The predicted molar refractivity (Wildman–Crippen MR) is 81.0 cm³/mol. The zero-order valence-electron chi connectivity index (χ0n) is 11.7. The van der Waals surface area contributed by atoms with Crippen LogP contribution in [-0.4, -0.2) is 5.97 Å². The Morgan fingerprint density at radius 3 is 2.15 bits per heavy atom. The van der Waals surface area contributed by atoms with Crippen LogP contribution in [0.5, 0.6) is 0 Å². The molecule has 2 aromatic carbocycles. The Labute approximate surface area is 119 Å². The SMILES string of the molecule is C/C(=C\C(=O)O[C@@H](C)c1ccccc1)c1ccccc1. The minimum atomic E-state index is -0.317. The van der Waals surface area contributed by atoms with Crippen molar-refractivity contribution in [1.29, 1.82) is 0 Å². The molecule has 0 aromatic heterocycles. The summed E-state index contributed by atoms with van der Waals surface area (Å²) in [5.74, 6) is -0.317. The third-order valence-corrected chi connectivity index (χ3v) is 3.13. The average Bonchev–Trinajstić information content (AvgIpc) is 2.49. The van der Waals surface area contributed by atoms with Crippen molar-refractivity contribution in [1.82, 2.24) is 0 Å². The number of ether oxygens (including phenoxy) is 1. The van der Waals surface area contributed by atoms with Gasteiger partial charge in [-0.3, -0.25) is 0 Å². The molecule has 0 bridgehead atoms. The van der Waals surface area contributed by atoms with Gasteiger partial charge in [-0.2, -0.15) is 0 Å². The summed E-state index contributed by atoms with van der Waals surface area (Å²) in [6.07, 6.45) is 1.29. The number of allylic oxidation sites excluding steroid dienone is 1. The van der Waals surface area contributed by atoms with E-state index in [1.807, 2.05) is 74.5 Å². The van der Waals surface area contributed by atoms with E-state index in [1.54, 1.807) is 0 Å². The second-order valence-electron chi connectivity index (χ2n) is 4.68. The maximum Gasteiger partial charge on any atom is 0.331 e. The van der Waals surface area contributed by atoms with E-state index >= 15 is 0 Å². The quantitative estimate of drug-likeness (QED) is 0.606. The van der Waals surface area contributed by atoms with E-state index < -0.39 is 0 Å². The fourth-order valence-corrected chi connectivity index (χ4v) is 1.96. The van der Waals surface area contributed by atoms with Crippen LogP contribution >= 0.6 is 0 Å². The first-order valence-electron chi connectivity index (χ1n) is 6.66. The molecule has 1 atom stereocenters. The van der Waals surface area contributed by atoms with Gasteiger partial charge in [0.15, 0.2) is 0 Å². The molecule has 0 aliphatic carbocycles. The summed E-state index contributed by atoms with van der Waals surface area (Å²) in [6.45, 7) is 3.78. The van der Waals surface area contributed by atoms with Crippen molar-refractivity contribution in [2.75, 3.05) is 0 Å². The van der Waals surface area contributed by atoms with E-state index in [1.165, 1.54) is 6.08 Å². The van der Waals surface area contributed by atoms with Crippen LogP contribution in [-0.2, 0) is 9.53 Å². The monoisotopic (exact) mass is 266 g/mol. The molecule has 2 nitrogen and oxygen atoms in total. The zero-order valence-corrected chi connectivity index (χ0v) is 11.7. The summed E-state index contributed by atoms with van der Waals surface area (Å²) in [5.41, 5.74) is 2.92. The molecule has 0 amide bonds. The molecule has 0 aliphatic heterocycles. The molecule has 102 valence electrons. The summed E-state index contributed by atoms with van der Waals surface area (Å²) in [4.78, 5) is 11.9. The van der Waals surface area contributed by atoms with Gasteiger partial charge in [-0.05, 0) is 30.5 Å². The fraction of sp³-hybridized carbons (Fsp3) is 0.167. The largest absolute Gasteiger partial charge is 0.455 e. The third-order valence-electron chi connectivity index (χ3n) is 3.13. The topological polar surface area (TPSA) is 26.3 Å². The van der Waals surface area contributed by atoms with Gasteiger partial charge in [0.25, 0.3) is 0 Å². The summed E-state index contributed by atoms with van der Waals surface area (Å²) in [7, 11) is 0. The normalized spacial score (nSPS) is 12.8. The molecule has 2 rings (SSSR count). The van der Waals surface area contributed by atoms with Crippen LogP contribution in [0.15, 0.2) is 66.7 Å². The molecule has 0 radical (unpaired) electrons. The second kappa shape index (κ2) is 6.71. The van der Waals surface area contributed by atoms with Gasteiger partial charge < -0.3 is 4.74 Å². The van der Waals surface area contributed by atoms with Gasteiger partial charge >= 0.3 is 5.97 Å². The summed E-state index contributed by atoms with van der Waals surface area (Å²) >= 11 is 0. The fourth-order valence-electron chi connectivity index (χ4n) is 1.96. The predicted octanol–water partition coefficient (Wildman–Crippen LogP) is 4.39. The number of carbonyl (C=O) groups is 1. The molecule has 0 aliphatic rings. The Morgan fingerprint density at radius 1 is 1.00 bits per heavy atom. The lowest BCUT2D eigenvalue weighted by Gasteiger charge is -2.12. The molecule has 0 unspecified atom stereocenters. The first-order chi connectivity index (χ1) is 9.66. The van der Waals surface area contributed by atoms with Crippen LogP contribution in [0.1, 0.15) is 31.1 Å². The van der Waals surface area contributed by atoms with Crippen molar-refractivity contribution in [3.8, 4) is 0 Å². The summed E-state index contributed by atoms with van der Waals surface area (Å²) in [6, 6.07) is 19.5. The smallest absolute Gasteiger partial charge is 0.331 e. The number of hydrogen-bond acceptors (Lipinski definition) is 2. The van der Waals surface area contributed by atoms with E-state index in [0.717, 1.165) is 16.7 Å². The van der Waals surface area contributed by atoms with Crippen molar-refractivity contribution >= 4 is 11.5 Å². The van der Waals surface area contributed by atoms with Crippen LogP contribution < -0.4 is 0 Å². The van der Waals surface area contributed by atoms with Gasteiger partial charge in [-0.15, -0.1) is 0 Å². The Kier molecular flexibility index (Phi) is 4.72. The van der Waals surface area contributed by atoms with E-state index in [2.05, 4.69) is 0 Å². The van der Waals surface area contributed by atoms with Gasteiger partial charge in [-0.1, -0.05) is 60.7 Å². The summed E-state index contributed by atoms with van der Waals surface area (Å²) in [5, 5.41) is 0. The third kappa shape index (κ3) is 3.82. The molecule has 0 saturated heterocycles. The Hall–Kier alpha value is -2.35. The second-order valence-corrected chi connectivity index (χ2v) is 4.68. The van der Waals surface area contributed by atoms with E-state index in [4.69, 9.17) is 4.74 Å². The molecule has 0 spiro atoms. The Bertz CT molecular complexity index is 585. The van der Waals surface area contributed by atoms with Crippen molar-refractivity contribution in [3.63, 3.8) is 0 Å². The number of rotatable bonds is 4. The van der Waals surface area contributed by atoms with Crippen LogP contribution in [0.3, 0.4) is 0 Å². The average molecular weight is 266 g/mol. The molecule has 20 heavy (non-hydrogen) atoms. The zero-order chi connectivity index (χ0) is 14.4. The minimum absolute atomic E-state index is 0.247. The van der Waals surface area contributed by atoms with Gasteiger partial charge in [0.1, 0.15) is 6.10 Å². The molecule has 0 heterocycles. The van der Waals surface area contributed by atoms with Crippen molar-refractivity contribution in [3.05, 3.63) is 77.9 Å². The maximum absolute atomic E-state index is 11.9. The highest BCUT2D eigenvalue weighted by Gasteiger charge is 2.09. The maximum atomic E-state index is 11.9. The molecular formula is C18H18O2. The highest BCUT2D eigenvalue weighted by atomic mass is 16.5. The van der Waals surface area contributed by atoms with Crippen LogP contribution in [0.2, 0.25) is 0 Å². The van der Waals surface area contributed by atoms with Crippen LogP contribution in [0, 0.1) is 0 Å². The molecule has 0 fully saturated rings. The number of hydrogen-bond donors (Lipinski definition) is 0. The highest BCUT2D eigenvalue weighted by molar-refractivity contribution is 5.91. The molecule has 0 N–H and O–H groups in total. The molecular weight excluding hydrogens is 248 g/mol. The molecule has 2 aromatic rings. The van der Waals surface area contributed by atoms with Gasteiger partial charge in [0.05, 0.1) is 0 Å². The highest BCUT2D eigenvalue weighted by Crippen LogP contribution is 2.18. The van der Waals surface area contributed by atoms with Crippen molar-refractivity contribution < 1.29 is 9.53 Å². The van der Waals surface area contributed by atoms with E-state index in [0.29, 0.717) is 0 Å². The van der Waals surface area contributed by atoms with Crippen molar-refractivity contribution in [2.45, 2.75) is 20.0 Å². The van der Waals surface area contributed by atoms with Crippen molar-refractivity contribution in [2.24, 2.45) is 0 Å². The lowest BCUT2D eigenvalue weighted by atomic mass is 10.1. The number of esters is 1. The van der Waals surface area contributed by atoms with Crippen LogP contribution in [0.25, 0.3) is 5.57 Å². The lowest BCUT2D eigenvalue weighted by Crippen LogP contribution is -2.06. The first kappa shape index (κ1) is 14.1.